The van der Waals surface area contributed by atoms with Crippen LogP contribution >= 0.6 is 0 Å². The van der Waals surface area contributed by atoms with Crippen molar-refractivity contribution in [2.75, 3.05) is 27.1 Å². The Morgan fingerprint density at radius 3 is 2.34 bits per heavy atom. The van der Waals surface area contributed by atoms with E-state index < -0.39 is 0 Å². The first kappa shape index (κ1) is 20.6. The summed E-state index contributed by atoms with van der Waals surface area (Å²) in [6.07, 6.45) is 1.48. The molecule has 5 heteroatoms. The van der Waals surface area contributed by atoms with Crippen LogP contribution in [0, 0.1) is 0 Å². The SMILES string of the molecule is COCOCCOc1ccc(C=O)cc1Cc1ccc(Oc2ccccc2)cc1. The molecular formula is C24H24O5. The van der Waals surface area contributed by atoms with Gasteiger partial charge < -0.3 is 18.9 Å². The van der Waals surface area contributed by atoms with E-state index in [9.17, 15) is 4.79 Å². The van der Waals surface area contributed by atoms with Gasteiger partial charge in [-0.15, -0.1) is 0 Å². The number of benzene rings is 3. The van der Waals surface area contributed by atoms with E-state index in [2.05, 4.69) is 0 Å². The molecule has 0 aliphatic heterocycles. The van der Waals surface area contributed by atoms with Crippen molar-refractivity contribution in [2.24, 2.45) is 0 Å². The number of aldehydes is 1. The first-order chi connectivity index (χ1) is 14.3. The Kier molecular flexibility index (Phi) is 7.81. The van der Waals surface area contributed by atoms with Crippen molar-refractivity contribution in [3.8, 4) is 17.2 Å². The zero-order valence-corrected chi connectivity index (χ0v) is 16.4. The Morgan fingerprint density at radius 1 is 0.862 bits per heavy atom. The molecule has 0 radical (unpaired) electrons. The average Bonchev–Trinajstić information content (AvgIpc) is 2.76. The molecule has 0 fully saturated rings. The summed E-state index contributed by atoms with van der Waals surface area (Å²) >= 11 is 0. The van der Waals surface area contributed by atoms with Crippen LogP contribution < -0.4 is 9.47 Å². The van der Waals surface area contributed by atoms with E-state index >= 15 is 0 Å². The van der Waals surface area contributed by atoms with Crippen molar-refractivity contribution in [2.45, 2.75) is 6.42 Å². The molecule has 0 aromatic heterocycles. The predicted molar refractivity (Wildman–Crippen MR) is 111 cm³/mol. The molecule has 29 heavy (non-hydrogen) atoms. The zero-order valence-electron chi connectivity index (χ0n) is 16.4. The molecule has 150 valence electrons. The van der Waals surface area contributed by atoms with Gasteiger partial charge in [-0.2, -0.15) is 0 Å². The lowest BCUT2D eigenvalue weighted by molar-refractivity contribution is -0.0388. The van der Waals surface area contributed by atoms with Crippen LogP contribution in [0.15, 0.2) is 72.8 Å². The van der Waals surface area contributed by atoms with Crippen molar-refractivity contribution >= 4 is 6.29 Å². The maximum absolute atomic E-state index is 11.2. The van der Waals surface area contributed by atoms with Crippen molar-refractivity contribution in [3.05, 3.63) is 89.5 Å². The van der Waals surface area contributed by atoms with Gasteiger partial charge in [0, 0.05) is 19.1 Å². The smallest absolute Gasteiger partial charge is 0.150 e. The fourth-order valence-corrected chi connectivity index (χ4v) is 2.82. The minimum Gasteiger partial charge on any atom is -0.491 e. The highest BCUT2D eigenvalue weighted by molar-refractivity contribution is 5.75. The maximum atomic E-state index is 11.2. The van der Waals surface area contributed by atoms with Crippen LogP contribution in [0.25, 0.3) is 0 Å². The topological polar surface area (TPSA) is 54.0 Å². The number of para-hydroxylation sites is 1. The number of ether oxygens (including phenoxy) is 4. The zero-order chi connectivity index (χ0) is 20.3. The summed E-state index contributed by atoms with van der Waals surface area (Å²) in [5, 5.41) is 0. The summed E-state index contributed by atoms with van der Waals surface area (Å²) < 4.78 is 21.8. The lowest BCUT2D eigenvalue weighted by Crippen LogP contribution is -2.09. The van der Waals surface area contributed by atoms with Gasteiger partial charge in [0.1, 0.15) is 36.9 Å². The third-order valence-corrected chi connectivity index (χ3v) is 4.20. The Balaban J connectivity index is 1.66. The van der Waals surface area contributed by atoms with Crippen LogP contribution in [0.3, 0.4) is 0 Å². The molecule has 0 unspecified atom stereocenters. The van der Waals surface area contributed by atoms with Gasteiger partial charge in [-0.25, -0.2) is 0 Å². The number of carbonyl (C=O) groups is 1. The van der Waals surface area contributed by atoms with E-state index in [4.69, 9.17) is 18.9 Å². The molecule has 0 spiro atoms. The van der Waals surface area contributed by atoms with E-state index in [1.807, 2.05) is 66.7 Å². The average molecular weight is 392 g/mol. The molecule has 0 bridgehead atoms. The van der Waals surface area contributed by atoms with Gasteiger partial charge in [0.15, 0.2) is 0 Å². The standard InChI is InChI=1S/C24H24O5/c1-26-18-27-13-14-28-24-12-9-20(17-25)16-21(24)15-19-7-10-23(11-8-19)29-22-5-3-2-4-6-22/h2-12,16-17H,13-15,18H2,1H3. The second kappa shape index (κ2) is 11.0. The van der Waals surface area contributed by atoms with Gasteiger partial charge in [-0.1, -0.05) is 30.3 Å². The van der Waals surface area contributed by atoms with Crippen LogP contribution in [0.2, 0.25) is 0 Å². The van der Waals surface area contributed by atoms with Gasteiger partial charge in [0.05, 0.1) is 6.61 Å². The summed E-state index contributed by atoms with van der Waals surface area (Å²) in [7, 11) is 1.58. The number of rotatable bonds is 11. The lowest BCUT2D eigenvalue weighted by Gasteiger charge is -2.13. The highest BCUT2D eigenvalue weighted by Gasteiger charge is 2.08. The molecule has 5 nitrogen and oxygen atoms in total. The molecule has 0 amide bonds. The normalized spacial score (nSPS) is 10.5. The lowest BCUT2D eigenvalue weighted by atomic mass is 10.0. The number of carbonyl (C=O) groups excluding carboxylic acids is 1. The van der Waals surface area contributed by atoms with E-state index in [0.29, 0.717) is 25.2 Å². The highest BCUT2D eigenvalue weighted by atomic mass is 16.7. The molecule has 0 saturated carbocycles. The molecule has 3 aromatic carbocycles. The monoisotopic (exact) mass is 392 g/mol. The molecule has 0 N–H and O–H groups in total. The van der Waals surface area contributed by atoms with Gasteiger partial charge in [-0.3, -0.25) is 4.79 Å². The molecule has 0 aliphatic rings. The van der Waals surface area contributed by atoms with Gasteiger partial charge >= 0.3 is 0 Å². The molecule has 0 heterocycles. The fourth-order valence-electron chi connectivity index (χ4n) is 2.82. The highest BCUT2D eigenvalue weighted by Crippen LogP contribution is 2.25. The van der Waals surface area contributed by atoms with E-state index in [1.54, 1.807) is 13.2 Å². The van der Waals surface area contributed by atoms with Gasteiger partial charge in [0.2, 0.25) is 0 Å². The quantitative estimate of drug-likeness (QED) is 0.264. The molecule has 0 aliphatic carbocycles. The van der Waals surface area contributed by atoms with Crippen molar-refractivity contribution < 1.29 is 23.7 Å². The minimum atomic E-state index is 0.234. The summed E-state index contributed by atoms with van der Waals surface area (Å²) in [4.78, 5) is 11.2. The number of hydrogen-bond donors (Lipinski definition) is 0. The van der Waals surface area contributed by atoms with Crippen LogP contribution in [-0.4, -0.2) is 33.4 Å². The van der Waals surface area contributed by atoms with Crippen LogP contribution in [-0.2, 0) is 15.9 Å². The second-order valence-electron chi connectivity index (χ2n) is 6.38. The Labute approximate surface area is 170 Å². The fraction of sp³-hybridized carbons (Fsp3) is 0.208. The van der Waals surface area contributed by atoms with E-state index in [-0.39, 0.29) is 6.79 Å². The third kappa shape index (κ3) is 6.45. The molecule has 3 aromatic rings. The van der Waals surface area contributed by atoms with E-state index in [0.717, 1.165) is 34.7 Å². The Morgan fingerprint density at radius 2 is 1.62 bits per heavy atom. The summed E-state index contributed by atoms with van der Waals surface area (Å²) in [5.41, 5.74) is 2.65. The minimum absolute atomic E-state index is 0.234. The third-order valence-electron chi connectivity index (χ3n) is 4.20. The predicted octanol–water partition coefficient (Wildman–Crippen LogP) is 4.88. The van der Waals surface area contributed by atoms with Crippen molar-refractivity contribution in [1.29, 1.82) is 0 Å². The van der Waals surface area contributed by atoms with Crippen molar-refractivity contribution in [3.63, 3.8) is 0 Å². The largest absolute Gasteiger partial charge is 0.491 e. The summed E-state index contributed by atoms with van der Waals surface area (Å²) in [6, 6.07) is 23.0. The maximum Gasteiger partial charge on any atom is 0.150 e. The van der Waals surface area contributed by atoms with Gasteiger partial charge in [0.25, 0.3) is 0 Å². The van der Waals surface area contributed by atoms with Crippen molar-refractivity contribution in [1.82, 2.24) is 0 Å². The first-order valence-corrected chi connectivity index (χ1v) is 9.38. The van der Waals surface area contributed by atoms with Crippen LogP contribution in [0.1, 0.15) is 21.5 Å². The second-order valence-corrected chi connectivity index (χ2v) is 6.38. The molecular weight excluding hydrogens is 368 g/mol. The summed E-state index contributed by atoms with van der Waals surface area (Å²) in [5.74, 6) is 2.31. The molecule has 0 saturated heterocycles. The number of hydrogen-bond acceptors (Lipinski definition) is 5. The first-order valence-electron chi connectivity index (χ1n) is 9.38. The Hall–Kier alpha value is -3.15. The van der Waals surface area contributed by atoms with E-state index in [1.165, 1.54) is 0 Å². The summed E-state index contributed by atoms with van der Waals surface area (Å²) in [6.45, 7) is 1.06. The Bertz CT molecular complexity index is 891. The molecule has 0 atom stereocenters. The number of methoxy groups -OCH3 is 1. The molecule has 3 rings (SSSR count). The van der Waals surface area contributed by atoms with Crippen LogP contribution in [0.5, 0.6) is 17.2 Å². The van der Waals surface area contributed by atoms with Crippen LogP contribution in [0.4, 0.5) is 0 Å². The van der Waals surface area contributed by atoms with Gasteiger partial charge in [-0.05, 0) is 53.6 Å².